The number of non-ortho nitro benzene ring substituents is 1. The van der Waals surface area contributed by atoms with E-state index in [1.54, 1.807) is 25.7 Å². The molecule has 3 heterocycles. The van der Waals surface area contributed by atoms with Gasteiger partial charge in [-0.25, -0.2) is 9.59 Å². The Morgan fingerprint density at radius 1 is 1.17 bits per heavy atom. The lowest BCUT2D eigenvalue weighted by Crippen LogP contribution is -2.43. The van der Waals surface area contributed by atoms with E-state index in [2.05, 4.69) is 0 Å². The number of fused-ring (bicyclic) bond motifs is 2. The minimum Gasteiger partial charge on any atom is -0.464 e. The zero-order valence-electron chi connectivity index (χ0n) is 19.4. The van der Waals surface area contributed by atoms with Crippen molar-refractivity contribution in [1.29, 1.82) is 0 Å². The number of carbonyl (C=O) groups is 2. The average Bonchev–Trinajstić information content (AvgIpc) is 3.11. The topological polar surface area (TPSA) is 138 Å². The summed E-state index contributed by atoms with van der Waals surface area (Å²) >= 11 is 1.31. The van der Waals surface area contributed by atoms with Crippen LogP contribution < -0.4 is 5.43 Å². The van der Waals surface area contributed by atoms with Gasteiger partial charge in [0.05, 0.1) is 29.1 Å². The monoisotopic (exact) mass is 502 g/mol. The van der Waals surface area contributed by atoms with E-state index in [1.165, 1.54) is 23.9 Å². The summed E-state index contributed by atoms with van der Waals surface area (Å²) in [4.78, 5) is 52.7. The summed E-state index contributed by atoms with van der Waals surface area (Å²) in [6, 6.07) is 3.63. The number of nitrogens with zero attached hydrogens (tertiary/aromatic N) is 2. The predicted octanol–water partition coefficient (Wildman–Crippen LogP) is 3.74. The molecule has 0 aliphatic carbocycles. The molecule has 1 aromatic heterocycles. The smallest absolute Gasteiger partial charge is 0.355 e. The van der Waals surface area contributed by atoms with Crippen LogP contribution in [0.4, 0.5) is 5.69 Å². The minimum absolute atomic E-state index is 0.00963. The molecule has 0 N–H and O–H groups in total. The number of nitro benzene ring substituents is 1. The molecule has 35 heavy (non-hydrogen) atoms. The molecule has 2 aliphatic heterocycles. The highest BCUT2D eigenvalue weighted by molar-refractivity contribution is 8.03. The number of allylic oxidation sites excluding steroid dienone is 2. The van der Waals surface area contributed by atoms with Gasteiger partial charge >= 0.3 is 11.9 Å². The first-order valence-corrected chi connectivity index (χ1v) is 11.6. The predicted molar refractivity (Wildman–Crippen MR) is 125 cm³/mol. The number of benzene rings is 1. The summed E-state index contributed by atoms with van der Waals surface area (Å²) in [5.41, 5.74) is -1.30. The maximum absolute atomic E-state index is 13.5. The molecule has 2 unspecified atom stereocenters. The zero-order valence-corrected chi connectivity index (χ0v) is 20.2. The van der Waals surface area contributed by atoms with Gasteiger partial charge in [0.2, 0.25) is 0 Å². The summed E-state index contributed by atoms with van der Waals surface area (Å²) in [5, 5.41) is 11.2. The molecule has 2 aromatic rings. The standard InChI is InChI=1S/C23H22N2O9S/c1-5-31-21(27)17-18(22(28)32-6-2)24-11(3)12(4)35-23(24)34-20(17)15-10-33-16-8-7-13(25(29)30)9-14(16)19(15)26/h7-10,20,23H,5-6H2,1-4H3. The minimum atomic E-state index is -1.35. The van der Waals surface area contributed by atoms with E-state index in [4.69, 9.17) is 18.6 Å². The number of carbonyl (C=O) groups excluding carboxylic acids is 2. The third kappa shape index (κ3) is 4.19. The Hall–Kier alpha value is -3.64. The van der Waals surface area contributed by atoms with Gasteiger partial charge in [-0.3, -0.25) is 14.9 Å². The molecule has 2 atom stereocenters. The Balaban J connectivity index is 1.98. The third-order valence-corrected chi connectivity index (χ3v) is 6.78. The van der Waals surface area contributed by atoms with E-state index < -0.39 is 34.0 Å². The lowest BCUT2D eigenvalue weighted by Gasteiger charge is -2.38. The van der Waals surface area contributed by atoms with E-state index >= 15 is 0 Å². The molecule has 0 fully saturated rings. The van der Waals surface area contributed by atoms with Crippen molar-refractivity contribution in [3.63, 3.8) is 0 Å². The second-order valence-electron chi connectivity index (χ2n) is 7.61. The highest BCUT2D eigenvalue weighted by atomic mass is 32.2. The number of hydrogen-bond acceptors (Lipinski definition) is 11. The number of thioether (sulfide) groups is 1. The lowest BCUT2D eigenvalue weighted by atomic mass is 9.97. The molecule has 0 amide bonds. The van der Waals surface area contributed by atoms with E-state index in [0.29, 0.717) is 5.70 Å². The number of rotatable bonds is 6. The molecule has 0 saturated carbocycles. The number of hydrogen-bond donors (Lipinski definition) is 0. The molecular formula is C23H22N2O9S. The van der Waals surface area contributed by atoms with Crippen LogP contribution in [0.5, 0.6) is 0 Å². The summed E-state index contributed by atoms with van der Waals surface area (Å²) in [6.07, 6.45) is -0.216. The van der Waals surface area contributed by atoms with Crippen molar-refractivity contribution in [2.24, 2.45) is 0 Å². The van der Waals surface area contributed by atoms with Crippen molar-refractivity contribution in [2.75, 3.05) is 13.2 Å². The van der Waals surface area contributed by atoms with Gasteiger partial charge in [0.1, 0.15) is 29.2 Å². The Morgan fingerprint density at radius 2 is 1.86 bits per heavy atom. The SMILES string of the molecule is CCOC(=O)C1=C(C(=O)OCC)N2C(C)=C(C)SC2OC1c1coc2ccc([N+](=O)[O-])cc2c1=O. The maximum atomic E-state index is 13.5. The summed E-state index contributed by atoms with van der Waals surface area (Å²) in [6.45, 7) is 6.92. The molecule has 12 heteroatoms. The van der Waals surface area contributed by atoms with Gasteiger partial charge in [-0.05, 0) is 33.8 Å². The zero-order chi connectivity index (χ0) is 25.4. The van der Waals surface area contributed by atoms with Gasteiger partial charge in [-0.1, -0.05) is 11.8 Å². The quantitative estimate of drug-likeness (QED) is 0.324. The molecule has 0 spiro atoms. The Morgan fingerprint density at radius 3 is 2.51 bits per heavy atom. The number of esters is 2. The molecule has 2 aliphatic rings. The van der Waals surface area contributed by atoms with Gasteiger partial charge < -0.3 is 23.5 Å². The molecular weight excluding hydrogens is 480 g/mol. The summed E-state index contributed by atoms with van der Waals surface area (Å²) in [5.74, 6) is -1.63. The Bertz CT molecular complexity index is 1360. The second kappa shape index (κ2) is 9.55. The van der Waals surface area contributed by atoms with Crippen molar-refractivity contribution in [3.05, 3.63) is 72.2 Å². The van der Waals surface area contributed by atoms with Crippen LogP contribution in [0.2, 0.25) is 0 Å². The fourth-order valence-corrected chi connectivity index (χ4v) is 5.00. The third-order valence-electron chi connectivity index (χ3n) is 5.61. The van der Waals surface area contributed by atoms with Crippen molar-refractivity contribution < 1.29 is 33.1 Å². The molecule has 11 nitrogen and oxygen atoms in total. The molecule has 1 aromatic carbocycles. The van der Waals surface area contributed by atoms with E-state index in [0.717, 1.165) is 17.2 Å². The molecule has 0 saturated heterocycles. The molecule has 184 valence electrons. The van der Waals surface area contributed by atoms with Gasteiger partial charge in [-0.15, -0.1) is 0 Å². The van der Waals surface area contributed by atoms with Crippen LogP contribution in [0.1, 0.15) is 39.4 Å². The second-order valence-corrected chi connectivity index (χ2v) is 8.86. The highest BCUT2D eigenvalue weighted by Crippen LogP contribution is 2.49. The van der Waals surface area contributed by atoms with E-state index in [1.807, 2.05) is 6.92 Å². The van der Waals surface area contributed by atoms with Crippen LogP contribution in [0.25, 0.3) is 11.0 Å². The Labute approximate surface area is 203 Å². The van der Waals surface area contributed by atoms with Crippen molar-refractivity contribution in [1.82, 2.24) is 4.90 Å². The molecule has 4 rings (SSSR count). The van der Waals surface area contributed by atoms with E-state index in [-0.39, 0.29) is 46.7 Å². The first-order valence-electron chi connectivity index (χ1n) is 10.8. The largest absolute Gasteiger partial charge is 0.464 e. The first kappa shape index (κ1) is 24.5. The van der Waals surface area contributed by atoms with Crippen molar-refractivity contribution in [2.45, 2.75) is 39.4 Å². The van der Waals surface area contributed by atoms with Crippen LogP contribution in [-0.2, 0) is 23.8 Å². The van der Waals surface area contributed by atoms with Crippen LogP contribution >= 0.6 is 11.8 Å². The summed E-state index contributed by atoms with van der Waals surface area (Å²) in [7, 11) is 0. The molecule has 0 radical (unpaired) electrons. The fourth-order valence-electron chi connectivity index (χ4n) is 3.89. The van der Waals surface area contributed by atoms with Gasteiger partial charge in [0, 0.05) is 22.7 Å². The van der Waals surface area contributed by atoms with Crippen LogP contribution in [0.15, 0.2) is 55.5 Å². The normalized spacial score (nSPS) is 19.7. The van der Waals surface area contributed by atoms with E-state index in [9.17, 15) is 24.5 Å². The van der Waals surface area contributed by atoms with Crippen LogP contribution in [0, 0.1) is 10.1 Å². The average molecular weight is 503 g/mol. The Kier molecular flexibility index (Phi) is 6.68. The number of nitro groups is 1. The lowest BCUT2D eigenvalue weighted by molar-refractivity contribution is -0.384. The molecule has 0 bridgehead atoms. The van der Waals surface area contributed by atoms with Gasteiger partial charge in [0.15, 0.2) is 11.0 Å². The van der Waals surface area contributed by atoms with Gasteiger partial charge in [-0.2, -0.15) is 0 Å². The number of ether oxygens (including phenoxy) is 3. The highest BCUT2D eigenvalue weighted by Gasteiger charge is 2.48. The maximum Gasteiger partial charge on any atom is 0.355 e. The van der Waals surface area contributed by atoms with Crippen molar-refractivity contribution in [3.8, 4) is 0 Å². The van der Waals surface area contributed by atoms with Crippen LogP contribution in [-0.4, -0.2) is 40.5 Å². The summed E-state index contributed by atoms with van der Waals surface area (Å²) < 4.78 is 22.2. The fraction of sp³-hybridized carbons (Fsp3) is 0.348. The van der Waals surface area contributed by atoms with Crippen LogP contribution in [0.3, 0.4) is 0 Å². The first-order chi connectivity index (χ1) is 16.7. The van der Waals surface area contributed by atoms with Gasteiger partial charge in [0.25, 0.3) is 5.69 Å². The van der Waals surface area contributed by atoms with Crippen molar-refractivity contribution >= 4 is 40.4 Å².